The zero-order valence-corrected chi connectivity index (χ0v) is 16.4. The molecule has 0 amide bonds. The molecule has 0 spiro atoms. The minimum absolute atomic E-state index is 0.315. The van der Waals surface area contributed by atoms with Gasteiger partial charge in [0, 0.05) is 5.75 Å². The highest BCUT2D eigenvalue weighted by atomic mass is 32.2. The number of aromatic nitrogens is 3. The summed E-state index contributed by atoms with van der Waals surface area (Å²) in [5.74, 6) is 3.06. The molecule has 2 heterocycles. The fourth-order valence-corrected chi connectivity index (χ4v) is 3.65. The van der Waals surface area contributed by atoms with Crippen LogP contribution < -0.4 is 4.74 Å². The van der Waals surface area contributed by atoms with Crippen LogP contribution in [0.15, 0.2) is 82.6 Å². The first-order valence-electron chi connectivity index (χ1n) is 9.06. The highest BCUT2D eigenvalue weighted by Crippen LogP contribution is 2.24. The predicted octanol–water partition coefficient (Wildman–Crippen LogP) is 4.66. The van der Waals surface area contributed by atoms with E-state index in [1.165, 1.54) is 0 Å². The van der Waals surface area contributed by atoms with E-state index >= 15 is 0 Å². The highest BCUT2D eigenvalue weighted by molar-refractivity contribution is 7.98. The van der Waals surface area contributed by atoms with E-state index in [1.54, 1.807) is 18.0 Å². The summed E-state index contributed by atoms with van der Waals surface area (Å²) in [4.78, 5) is 0. The Balaban J connectivity index is 1.50. The number of ether oxygens (including phenoxy) is 1. The second kappa shape index (κ2) is 9.13. The van der Waals surface area contributed by atoms with Gasteiger partial charge in [0.2, 0.25) is 0 Å². The Kier molecular flexibility index (Phi) is 5.93. The van der Waals surface area contributed by atoms with Crippen LogP contribution in [0.25, 0.3) is 0 Å². The SMILES string of the molecule is N#Cc1ccc(CSc2nnc(COc3ccccc3)n2Cc2ccco2)cc1. The van der Waals surface area contributed by atoms with Crippen LogP contribution in [0.2, 0.25) is 0 Å². The van der Waals surface area contributed by atoms with Crippen molar-refractivity contribution >= 4 is 11.8 Å². The van der Waals surface area contributed by atoms with Crippen LogP contribution in [0.1, 0.15) is 22.7 Å². The molecule has 4 aromatic rings. The molecule has 6 nitrogen and oxygen atoms in total. The molecule has 0 saturated carbocycles. The van der Waals surface area contributed by atoms with Crippen LogP contribution in [0.3, 0.4) is 0 Å². The first-order chi connectivity index (χ1) is 14.3. The molecular formula is C22H18N4O2S. The molecule has 0 bridgehead atoms. The second-order valence-electron chi connectivity index (χ2n) is 6.26. The molecule has 0 saturated heterocycles. The van der Waals surface area contributed by atoms with Gasteiger partial charge in [0.15, 0.2) is 11.0 Å². The summed E-state index contributed by atoms with van der Waals surface area (Å²) in [7, 11) is 0. The van der Waals surface area contributed by atoms with Crippen molar-refractivity contribution in [3.63, 3.8) is 0 Å². The van der Waals surface area contributed by atoms with Crippen LogP contribution in [0.4, 0.5) is 0 Å². The van der Waals surface area contributed by atoms with Crippen molar-refractivity contribution in [1.82, 2.24) is 14.8 Å². The largest absolute Gasteiger partial charge is 0.486 e. The van der Waals surface area contributed by atoms with Crippen molar-refractivity contribution in [2.45, 2.75) is 24.1 Å². The van der Waals surface area contributed by atoms with Crippen molar-refractivity contribution in [3.8, 4) is 11.8 Å². The first-order valence-corrected chi connectivity index (χ1v) is 10.0. The van der Waals surface area contributed by atoms with Gasteiger partial charge in [0.1, 0.15) is 18.1 Å². The Morgan fingerprint density at radius 1 is 1.00 bits per heavy atom. The van der Waals surface area contributed by atoms with Crippen molar-refractivity contribution in [2.75, 3.05) is 0 Å². The molecule has 0 radical (unpaired) electrons. The minimum Gasteiger partial charge on any atom is -0.486 e. The molecule has 29 heavy (non-hydrogen) atoms. The summed E-state index contributed by atoms with van der Waals surface area (Å²) in [5, 5.41) is 18.4. The number of thioether (sulfide) groups is 1. The molecule has 2 aromatic heterocycles. The number of hydrogen-bond donors (Lipinski definition) is 0. The summed E-state index contributed by atoms with van der Waals surface area (Å²) in [6, 6.07) is 23.1. The minimum atomic E-state index is 0.315. The van der Waals surface area contributed by atoms with E-state index in [0.29, 0.717) is 18.7 Å². The van der Waals surface area contributed by atoms with Gasteiger partial charge in [-0.05, 0) is 42.0 Å². The number of benzene rings is 2. The van der Waals surface area contributed by atoms with E-state index < -0.39 is 0 Å². The van der Waals surface area contributed by atoms with Gasteiger partial charge in [0.05, 0.1) is 24.4 Å². The lowest BCUT2D eigenvalue weighted by Gasteiger charge is -2.10. The van der Waals surface area contributed by atoms with E-state index in [4.69, 9.17) is 14.4 Å². The highest BCUT2D eigenvalue weighted by Gasteiger charge is 2.15. The molecule has 4 rings (SSSR count). The summed E-state index contributed by atoms with van der Waals surface area (Å²) in [6.07, 6.45) is 1.66. The van der Waals surface area contributed by atoms with Gasteiger partial charge in [-0.25, -0.2) is 0 Å². The van der Waals surface area contributed by atoms with Crippen molar-refractivity contribution in [2.24, 2.45) is 0 Å². The van der Waals surface area contributed by atoms with Crippen LogP contribution in [0, 0.1) is 11.3 Å². The number of hydrogen-bond acceptors (Lipinski definition) is 6. The molecule has 2 aromatic carbocycles. The zero-order valence-electron chi connectivity index (χ0n) is 15.6. The molecule has 7 heteroatoms. The third kappa shape index (κ3) is 4.86. The van der Waals surface area contributed by atoms with Gasteiger partial charge in [0.25, 0.3) is 0 Å². The lowest BCUT2D eigenvalue weighted by Crippen LogP contribution is -2.09. The van der Waals surface area contributed by atoms with Crippen molar-refractivity contribution in [3.05, 3.63) is 95.7 Å². The quantitative estimate of drug-likeness (QED) is 0.399. The number of nitriles is 1. The Morgan fingerprint density at radius 2 is 1.83 bits per heavy atom. The van der Waals surface area contributed by atoms with Gasteiger partial charge in [-0.2, -0.15) is 5.26 Å². The Morgan fingerprint density at radius 3 is 2.55 bits per heavy atom. The topological polar surface area (TPSA) is 76.9 Å². The van der Waals surface area contributed by atoms with Gasteiger partial charge in [-0.3, -0.25) is 4.57 Å². The maximum Gasteiger partial charge on any atom is 0.192 e. The Hall–Kier alpha value is -3.50. The average molecular weight is 402 g/mol. The van der Waals surface area contributed by atoms with Crippen LogP contribution in [0.5, 0.6) is 5.75 Å². The van der Waals surface area contributed by atoms with Crippen LogP contribution in [-0.2, 0) is 18.9 Å². The third-order valence-electron chi connectivity index (χ3n) is 4.25. The molecule has 0 unspecified atom stereocenters. The molecule has 0 aliphatic carbocycles. The van der Waals surface area contributed by atoms with E-state index in [2.05, 4.69) is 16.3 Å². The zero-order chi connectivity index (χ0) is 19.9. The molecule has 0 atom stereocenters. The Labute approximate surface area is 172 Å². The summed E-state index contributed by atoms with van der Waals surface area (Å²) < 4.78 is 13.4. The van der Waals surface area contributed by atoms with Crippen molar-refractivity contribution in [1.29, 1.82) is 5.26 Å². The molecule has 0 aliphatic rings. The predicted molar refractivity (Wildman–Crippen MR) is 109 cm³/mol. The number of rotatable bonds is 8. The molecule has 0 N–H and O–H groups in total. The fourth-order valence-electron chi connectivity index (χ4n) is 2.74. The summed E-state index contributed by atoms with van der Waals surface area (Å²) in [5.41, 5.74) is 1.77. The standard InChI is InChI=1S/C22H18N4O2S/c23-13-17-8-10-18(11-9-17)16-29-22-25-24-21(15-28-19-5-2-1-3-6-19)26(22)14-20-7-4-12-27-20/h1-12H,14-16H2. The summed E-state index contributed by atoms with van der Waals surface area (Å²) >= 11 is 1.59. The van der Waals surface area contributed by atoms with Gasteiger partial charge in [-0.1, -0.05) is 42.1 Å². The molecule has 0 aliphatic heterocycles. The Bertz CT molecular complexity index is 1080. The van der Waals surface area contributed by atoms with Gasteiger partial charge >= 0.3 is 0 Å². The van der Waals surface area contributed by atoms with Gasteiger partial charge in [-0.15, -0.1) is 10.2 Å². The molecule has 144 valence electrons. The fraction of sp³-hybridized carbons (Fsp3) is 0.136. The monoisotopic (exact) mass is 402 g/mol. The van der Waals surface area contributed by atoms with Crippen LogP contribution >= 0.6 is 11.8 Å². The third-order valence-corrected chi connectivity index (χ3v) is 5.29. The maximum atomic E-state index is 8.93. The smallest absolute Gasteiger partial charge is 0.192 e. The van der Waals surface area contributed by atoms with Crippen LogP contribution in [-0.4, -0.2) is 14.8 Å². The summed E-state index contributed by atoms with van der Waals surface area (Å²) in [6.45, 7) is 0.846. The average Bonchev–Trinajstić information content (AvgIpc) is 3.42. The number of furan rings is 1. The van der Waals surface area contributed by atoms with E-state index in [1.807, 2.05) is 71.3 Å². The van der Waals surface area contributed by atoms with Crippen molar-refractivity contribution < 1.29 is 9.15 Å². The maximum absolute atomic E-state index is 8.93. The first kappa shape index (κ1) is 18.8. The van der Waals surface area contributed by atoms with Gasteiger partial charge < -0.3 is 9.15 Å². The second-order valence-corrected chi connectivity index (χ2v) is 7.21. The van der Waals surface area contributed by atoms with E-state index in [-0.39, 0.29) is 0 Å². The normalized spacial score (nSPS) is 10.6. The lowest BCUT2D eigenvalue weighted by atomic mass is 10.2. The van der Waals surface area contributed by atoms with E-state index in [0.717, 1.165) is 33.8 Å². The number of nitrogens with zero attached hydrogens (tertiary/aromatic N) is 4. The van der Waals surface area contributed by atoms with E-state index in [9.17, 15) is 0 Å². The molecular weight excluding hydrogens is 384 g/mol. The number of para-hydroxylation sites is 1. The lowest BCUT2D eigenvalue weighted by molar-refractivity contribution is 0.287. The molecule has 0 fully saturated rings.